The number of amides is 1. The van der Waals surface area contributed by atoms with Gasteiger partial charge in [-0.25, -0.2) is 13.1 Å². The number of hydrogen-bond donors (Lipinski definition) is 1. The summed E-state index contributed by atoms with van der Waals surface area (Å²) in [5.74, 6) is -1.25. The lowest BCUT2D eigenvalue weighted by Gasteiger charge is -2.18. The van der Waals surface area contributed by atoms with Crippen molar-refractivity contribution in [1.82, 2.24) is 4.72 Å². The van der Waals surface area contributed by atoms with E-state index in [0.717, 1.165) is 23.3 Å². The van der Waals surface area contributed by atoms with Gasteiger partial charge in [-0.05, 0) is 49.1 Å². The Morgan fingerprint density at radius 2 is 1.87 bits per heavy atom. The van der Waals surface area contributed by atoms with E-state index >= 15 is 0 Å². The van der Waals surface area contributed by atoms with Crippen LogP contribution in [0.25, 0.3) is 0 Å². The van der Waals surface area contributed by atoms with Gasteiger partial charge in [0.15, 0.2) is 0 Å². The van der Waals surface area contributed by atoms with Crippen LogP contribution in [0, 0.1) is 13.8 Å². The number of carbonyl (C=O) groups excluding carboxylic acids is 1. The summed E-state index contributed by atoms with van der Waals surface area (Å²) in [6.45, 7) is 3.98. The van der Waals surface area contributed by atoms with Crippen LogP contribution in [0.15, 0.2) is 42.5 Å². The number of aryl methyl sites for hydroxylation is 2. The zero-order valence-corrected chi connectivity index (χ0v) is 17.2. The van der Waals surface area contributed by atoms with Crippen LogP contribution in [0.2, 0.25) is 0 Å². The predicted octanol–water partition coefficient (Wildman–Crippen LogP) is 3.43. The van der Waals surface area contributed by atoms with Gasteiger partial charge in [-0.3, -0.25) is 4.79 Å². The van der Waals surface area contributed by atoms with Gasteiger partial charge in [-0.2, -0.15) is 0 Å². The fourth-order valence-electron chi connectivity index (χ4n) is 3.27. The Hall–Kier alpha value is -2.59. The SMILES string of the molecule is Cc1ccc(CS(=O)(=O)NC2CCN(c3cccc(OC(F)(F)F)c3)C2=O)cc1C. The average molecular weight is 442 g/mol. The van der Waals surface area contributed by atoms with Crippen molar-refractivity contribution in [2.75, 3.05) is 11.4 Å². The summed E-state index contributed by atoms with van der Waals surface area (Å²) < 4.78 is 68.6. The molecule has 162 valence electrons. The maximum atomic E-state index is 12.7. The number of hydrogen-bond acceptors (Lipinski definition) is 4. The van der Waals surface area contributed by atoms with Gasteiger partial charge in [0.2, 0.25) is 15.9 Å². The number of benzene rings is 2. The summed E-state index contributed by atoms with van der Waals surface area (Å²) in [6, 6.07) is 9.37. The molecule has 2 aromatic carbocycles. The molecule has 30 heavy (non-hydrogen) atoms. The van der Waals surface area contributed by atoms with Crippen LogP contribution in [0.4, 0.5) is 18.9 Å². The maximum absolute atomic E-state index is 12.7. The van der Waals surface area contributed by atoms with E-state index in [1.807, 2.05) is 19.9 Å². The molecule has 1 aliphatic rings. The van der Waals surface area contributed by atoms with E-state index in [1.165, 1.54) is 17.0 Å². The van der Waals surface area contributed by atoms with Crippen LogP contribution in [0.1, 0.15) is 23.1 Å². The van der Waals surface area contributed by atoms with Gasteiger partial charge in [-0.1, -0.05) is 24.3 Å². The lowest BCUT2D eigenvalue weighted by Crippen LogP contribution is -2.42. The van der Waals surface area contributed by atoms with Crippen molar-refractivity contribution in [2.45, 2.75) is 38.4 Å². The molecule has 1 amide bonds. The summed E-state index contributed by atoms with van der Waals surface area (Å²) in [6.07, 6.45) is -4.64. The quantitative estimate of drug-likeness (QED) is 0.744. The van der Waals surface area contributed by atoms with Crippen molar-refractivity contribution < 1.29 is 31.1 Å². The highest BCUT2D eigenvalue weighted by Crippen LogP contribution is 2.29. The van der Waals surface area contributed by atoms with Crippen LogP contribution >= 0.6 is 0 Å². The van der Waals surface area contributed by atoms with Crippen LogP contribution < -0.4 is 14.4 Å². The van der Waals surface area contributed by atoms with E-state index in [-0.39, 0.29) is 24.4 Å². The molecule has 0 radical (unpaired) electrons. The van der Waals surface area contributed by atoms with E-state index in [1.54, 1.807) is 12.1 Å². The highest BCUT2D eigenvalue weighted by atomic mass is 32.2. The van der Waals surface area contributed by atoms with Crippen molar-refractivity contribution in [2.24, 2.45) is 0 Å². The number of rotatable bonds is 6. The smallest absolute Gasteiger partial charge is 0.406 e. The second-order valence-corrected chi connectivity index (χ2v) is 8.93. The van der Waals surface area contributed by atoms with Crippen molar-refractivity contribution in [3.63, 3.8) is 0 Å². The van der Waals surface area contributed by atoms with E-state index in [9.17, 15) is 26.4 Å². The number of ether oxygens (including phenoxy) is 1. The Bertz CT molecular complexity index is 1050. The third kappa shape index (κ3) is 5.51. The first-order valence-electron chi connectivity index (χ1n) is 9.17. The van der Waals surface area contributed by atoms with Gasteiger partial charge in [0.05, 0.1) is 5.75 Å². The topological polar surface area (TPSA) is 75.7 Å². The molecule has 3 rings (SSSR count). The molecule has 1 atom stereocenters. The van der Waals surface area contributed by atoms with Gasteiger partial charge in [-0.15, -0.1) is 13.2 Å². The van der Waals surface area contributed by atoms with E-state index < -0.39 is 34.1 Å². The van der Waals surface area contributed by atoms with Crippen LogP contribution in [0.3, 0.4) is 0 Å². The van der Waals surface area contributed by atoms with Gasteiger partial charge >= 0.3 is 6.36 Å². The highest BCUT2D eigenvalue weighted by molar-refractivity contribution is 7.88. The number of carbonyl (C=O) groups is 1. The minimum absolute atomic E-state index is 0.172. The molecule has 1 aliphatic heterocycles. The first-order valence-corrected chi connectivity index (χ1v) is 10.8. The third-order valence-corrected chi connectivity index (χ3v) is 6.18. The largest absolute Gasteiger partial charge is 0.573 e. The van der Waals surface area contributed by atoms with E-state index in [4.69, 9.17) is 0 Å². The predicted molar refractivity (Wildman–Crippen MR) is 106 cm³/mol. The Morgan fingerprint density at radius 1 is 1.13 bits per heavy atom. The Balaban J connectivity index is 1.69. The Labute approximate surface area is 172 Å². The fourth-order valence-corrected chi connectivity index (χ4v) is 4.62. The molecule has 0 aromatic heterocycles. The van der Waals surface area contributed by atoms with Crippen LogP contribution in [-0.2, 0) is 20.6 Å². The number of halogens is 3. The molecular formula is C20H21F3N2O4S. The lowest BCUT2D eigenvalue weighted by atomic mass is 10.1. The van der Waals surface area contributed by atoms with Crippen molar-refractivity contribution in [3.05, 3.63) is 59.2 Å². The number of nitrogens with zero attached hydrogens (tertiary/aromatic N) is 1. The molecule has 6 nitrogen and oxygen atoms in total. The fraction of sp³-hybridized carbons (Fsp3) is 0.350. The normalized spacial score (nSPS) is 17.4. The van der Waals surface area contributed by atoms with Crippen molar-refractivity contribution >= 4 is 21.6 Å². The van der Waals surface area contributed by atoms with E-state index in [2.05, 4.69) is 9.46 Å². The molecule has 1 N–H and O–H groups in total. The summed E-state index contributed by atoms with van der Waals surface area (Å²) in [5.41, 5.74) is 2.82. The highest BCUT2D eigenvalue weighted by Gasteiger charge is 2.36. The molecule has 0 bridgehead atoms. The summed E-state index contributed by atoms with van der Waals surface area (Å²) in [7, 11) is -3.79. The number of nitrogens with one attached hydrogen (secondary N) is 1. The lowest BCUT2D eigenvalue weighted by molar-refractivity contribution is -0.274. The van der Waals surface area contributed by atoms with Crippen LogP contribution in [-0.4, -0.2) is 33.3 Å². The molecule has 1 unspecified atom stereocenters. The first kappa shape index (κ1) is 22.1. The maximum Gasteiger partial charge on any atom is 0.573 e. The molecule has 1 fully saturated rings. The number of sulfonamides is 1. The van der Waals surface area contributed by atoms with Crippen molar-refractivity contribution in [3.8, 4) is 5.75 Å². The average Bonchev–Trinajstić information content (AvgIpc) is 2.96. The van der Waals surface area contributed by atoms with Gasteiger partial charge in [0, 0.05) is 18.3 Å². The van der Waals surface area contributed by atoms with Gasteiger partial charge < -0.3 is 9.64 Å². The molecule has 0 spiro atoms. The molecule has 2 aromatic rings. The monoisotopic (exact) mass is 442 g/mol. The second-order valence-electron chi connectivity index (χ2n) is 7.17. The first-order chi connectivity index (χ1) is 13.9. The summed E-state index contributed by atoms with van der Waals surface area (Å²) in [4.78, 5) is 13.9. The Morgan fingerprint density at radius 3 is 2.53 bits per heavy atom. The summed E-state index contributed by atoms with van der Waals surface area (Å²) in [5, 5.41) is 0. The molecule has 1 saturated heterocycles. The standard InChI is InChI=1S/C20H21F3N2O4S/c1-13-6-7-15(10-14(13)2)12-30(27,28)24-18-8-9-25(19(18)26)16-4-3-5-17(11-16)29-20(21,22)23/h3-7,10-11,18,24H,8-9,12H2,1-2H3. The number of anilines is 1. The van der Waals surface area contributed by atoms with E-state index in [0.29, 0.717) is 5.56 Å². The second kappa shape index (κ2) is 8.27. The minimum Gasteiger partial charge on any atom is -0.406 e. The zero-order chi connectivity index (χ0) is 22.1. The molecular weight excluding hydrogens is 421 g/mol. The molecule has 0 aliphatic carbocycles. The number of alkyl halides is 3. The molecule has 0 saturated carbocycles. The zero-order valence-electron chi connectivity index (χ0n) is 16.4. The third-order valence-electron chi connectivity index (χ3n) is 4.82. The minimum atomic E-state index is -4.85. The summed E-state index contributed by atoms with van der Waals surface area (Å²) >= 11 is 0. The van der Waals surface area contributed by atoms with Crippen LogP contribution in [0.5, 0.6) is 5.75 Å². The molecule has 1 heterocycles. The Kier molecular flexibility index (Phi) is 6.09. The van der Waals surface area contributed by atoms with Crippen molar-refractivity contribution in [1.29, 1.82) is 0 Å². The van der Waals surface area contributed by atoms with Gasteiger partial charge in [0.1, 0.15) is 11.8 Å². The van der Waals surface area contributed by atoms with Gasteiger partial charge in [0.25, 0.3) is 0 Å². The molecule has 10 heteroatoms.